The number of aliphatic hydroxyl groups is 3. The molecule has 2 aromatic carbocycles. The second-order valence-corrected chi connectivity index (χ2v) is 8.04. The van der Waals surface area contributed by atoms with Gasteiger partial charge in [0.25, 0.3) is 0 Å². The van der Waals surface area contributed by atoms with Crippen molar-refractivity contribution in [1.29, 1.82) is 0 Å². The molecule has 5 atom stereocenters. The highest BCUT2D eigenvalue weighted by atomic mass is 16.6. The summed E-state index contributed by atoms with van der Waals surface area (Å²) in [6, 6.07) is 5.44. The molecule has 2 unspecified atom stereocenters. The van der Waals surface area contributed by atoms with Crippen LogP contribution in [0.25, 0.3) is 22.3 Å². The Balaban J connectivity index is 1.99. The molecule has 3 aromatic rings. The largest absolute Gasteiger partial charge is 0.507 e. The zero-order valence-corrected chi connectivity index (χ0v) is 18.2. The van der Waals surface area contributed by atoms with Gasteiger partial charge in [-0.3, -0.25) is 9.59 Å². The van der Waals surface area contributed by atoms with Crippen LogP contribution in [0.5, 0.6) is 23.0 Å². The maximum Gasteiger partial charge on any atom is 0.303 e. The van der Waals surface area contributed by atoms with Crippen LogP contribution in [0.15, 0.2) is 39.5 Å². The molecule has 12 heteroatoms. The van der Waals surface area contributed by atoms with Gasteiger partial charge in [0.05, 0.1) is 12.2 Å². The first-order valence-electron chi connectivity index (χ1n) is 10.4. The second-order valence-electron chi connectivity index (χ2n) is 8.04. The fraction of sp³-hybridized carbons (Fsp3) is 0.304. The fourth-order valence-electron chi connectivity index (χ4n) is 4.06. The number of phenols is 4. The lowest BCUT2D eigenvalue weighted by atomic mass is 9.89. The predicted octanol–water partition coefficient (Wildman–Crippen LogP) is 0.368. The molecule has 12 nitrogen and oxygen atoms in total. The van der Waals surface area contributed by atoms with Gasteiger partial charge in [0, 0.05) is 24.6 Å². The summed E-state index contributed by atoms with van der Waals surface area (Å²) < 4.78 is 16.6. The first-order valence-corrected chi connectivity index (χ1v) is 10.4. The molecule has 1 aromatic heterocycles. The molecule has 0 amide bonds. The van der Waals surface area contributed by atoms with Crippen LogP contribution in [0.2, 0.25) is 0 Å². The molecule has 1 aliphatic rings. The van der Waals surface area contributed by atoms with E-state index >= 15 is 0 Å². The summed E-state index contributed by atoms with van der Waals surface area (Å²) in [5.74, 6) is -3.22. The maximum atomic E-state index is 12.9. The molecule has 0 spiro atoms. The third-order valence-electron chi connectivity index (χ3n) is 5.71. The SMILES string of the molecule is CC(=O)OC1[C@@H](O)[C@H](O)C(CO)O[C@H]1c1c(O)cc(O)c2c(=O)cc(-c3ccc(O)c(O)c3)oc12. The molecule has 35 heavy (non-hydrogen) atoms. The van der Waals surface area contributed by atoms with Gasteiger partial charge < -0.3 is 49.6 Å². The molecule has 0 radical (unpaired) electrons. The van der Waals surface area contributed by atoms with E-state index in [1.807, 2.05) is 0 Å². The average molecular weight is 490 g/mol. The first-order chi connectivity index (χ1) is 16.5. The number of aliphatic hydroxyl groups excluding tert-OH is 3. The highest BCUT2D eigenvalue weighted by Crippen LogP contribution is 2.44. The summed E-state index contributed by atoms with van der Waals surface area (Å²) in [5.41, 5.74) is -1.32. The van der Waals surface area contributed by atoms with E-state index in [1.54, 1.807) is 0 Å². The Labute approximate surface area is 196 Å². The van der Waals surface area contributed by atoms with Crippen molar-refractivity contribution in [3.05, 3.63) is 46.1 Å². The van der Waals surface area contributed by atoms with Crippen molar-refractivity contribution in [2.45, 2.75) is 37.4 Å². The minimum absolute atomic E-state index is 0.136. The normalized spacial score (nSPS) is 24.4. The van der Waals surface area contributed by atoms with E-state index in [4.69, 9.17) is 13.9 Å². The van der Waals surface area contributed by atoms with Gasteiger partial charge >= 0.3 is 5.97 Å². The lowest BCUT2D eigenvalue weighted by molar-refractivity contribution is -0.240. The quantitative estimate of drug-likeness (QED) is 0.195. The molecular formula is C23H22O12. The van der Waals surface area contributed by atoms with Crippen LogP contribution in [0.1, 0.15) is 18.6 Å². The molecule has 2 heterocycles. The molecule has 1 fully saturated rings. The molecule has 1 saturated heterocycles. The van der Waals surface area contributed by atoms with Gasteiger partial charge in [0.15, 0.2) is 28.6 Å². The zero-order valence-electron chi connectivity index (χ0n) is 18.2. The molecule has 0 saturated carbocycles. The molecule has 1 aliphatic heterocycles. The topological polar surface area (TPSA) is 207 Å². The summed E-state index contributed by atoms with van der Waals surface area (Å²) >= 11 is 0. The smallest absolute Gasteiger partial charge is 0.303 e. The highest BCUT2D eigenvalue weighted by Gasteiger charge is 2.48. The Morgan fingerprint density at radius 2 is 1.69 bits per heavy atom. The van der Waals surface area contributed by atoms with Gasteiger partial charge in [-0.2, -0.15) is 0 Å². The highest BCUT2D eigenvalue weighted by molar-refractivity contribution is 5.89. The number of benzene rings is 2. The number of rotatable bonds is 4. The lowest BCUT2D eigenvalue weighted by Gasteiger charge is -2.41. The molecule has 7 N–H and O–H groups in total. The minimum Gasteiger partial charge on any atom is -0.507 e. The Bertz CT molecular complexity index is 1350. The molecule has 186 valence electrons. The van der Waals surface area contributed by atoms with Crippen LogP contribution in [-0.4, -0.2) is 72.7 Å². The van der Waals surface area contributed by atoms with Crippen molar-refractivity contribution in [1.82, 2.24) is 0 Å². The summed E-state index contributed by atoms with van der Waals surface area (Å²) in [4.78, 5) is 24.6. The van der Waals surface area contributed by atoms with E-state index in [0.29, 0.717) is 0 Å². The molecule has 0 bridgehead atoms. The zero-order chi connectivity index (χ0) is 25.6. The first kappa shape index (κ1) is 24.3. The number of carbonyl (C=O) groups is 1. The molecule has 0 aliphatic carbocycles. The third kappa shape index (κ3) is 4.23. The predicted molar refractivity (Wildman–Crippen MR) is 117 cm³/mol. The van der Waals surface area contributed by atoms with E-state index in [-0.39, 0.29) is 22.3 Å². The van der Waals surface area contributed by atoms with Crippen molar-refractivity contribution < 1.29 is 54.4 Å². The molecular weight excluding hydrogens is 468 g/mol. The Kier molecular flexibility index (Phi) is 6.30. The summed E-state index contributed by atoms with van der Waals surface area (Å²) in [5, 5.41) is 70.5. The summed E-state index contributed by atoms with van der Waals surface area (Å²) in [6.45, 7) is 0.291. The van der Waals surface area contributed by atoms with Crippen LogP contribution in [0, 0.1) is 0 Å². The number of ether oxygens (including phenoxy) is 2. The van der Waals surface area contributed by atoms with Gasteiger partial charge in [0.2, 0.25) is 0 Å². The number of hydrogen-bond donors (Lipinski definition) is 7. The Morgan fingerprint density at radius 3 is 2.31 bits per heavy atom. The number of hydrogen-bond acceptors (Lipinski definition) is 12. The molecule has 4 rings (SSSR count). The number of fused-ring (bicyclic) bond motifs is 1. The second kappa shape index (κ2) is 9.07. The summed E-state index contributed by atoms with van der Waals surface area (Å²) in [7, 11) is 0. The maximum absolute atomic E-state index is 12.9. The van der Waals surface area contributed by atoms with Gasteiger partial charge in [-0.15, -0.1) is 0 Å². The fourth-order valence-corrected chi connectivity index (χ4v) is 4.06. The van der Waals surface area contributed by atoms with Gasteiger partial charge in [-0.05, 0) is 18.2 Å². The Hall–Kier alpha value is -3.84. The third-order valence-corrected chi connectivity index (χ3v) is 5.71. The van der Waals surface area contributed by atoms with Gasteiger partial charge in [-0.1, -0.05) is 0 Å². The van der Waals surface area contributed by atoms with Crippen LogP contribution < -0.4 is 5.43 Å². The van der Waals surface area contributed by atoms with E-state index in [1.165, 1.54) is 6.07 Å². The van der Waals surface area contributed by atoms with Crippen LogP contribution >= 0.6 is 0 Å². The number of esters is 1. The van der Waals surface area contributed by atoms with Crippen molar-refractivity contribution >= 4 is 16.9 Å². The van der Waals surface area contributed by atoms with Crippen molar-refractivity contribution in [2.24, 2.45) is 0 Å². The standard InChI is InChI=1S/C23H22O12/c1-8(25)33-23-20(32)19(31)16(7-24)35-22(23)18-13(29)5-12(28)17-14(30)6-15(34-21(17)18)9-2-3-10(26)11(27)4-9/h2-6,16,19-20,22-24,26-29,31-32H,7H2,1H3/t16?,19-,20+,22+,23?/m1/s1. The average Bonchev–Trinajstić information content (AvgIpc) is 2.79. The van der Waals surface area contributed by atoms with Crippen LogP contribution in [0.3, 0.4) is 0 Å². The van der Waals surface area contributed by atoms with E-state index < -0.39 is 77.1 Å². The van der Waals surface area contributed by atoms with Crippen molar-refractivity contribution in [2.75, 3.05) is 6.61 Å². The van der Waals surface area contributed by atoms with Gasteiger partial charge in [-0.25, -0.2) is 0 Å². The van der Waals surface area contributed by atoms with Gasteiger partial charge in [0.1, 0.15) is 47.1 Å². The number of phenolic OH excluding ortho intramolecular Hbond substituents is 4. The number of aromatic hydroxyl groups is 4. The monoisotopic (exact) mass is 490 g/mol. The lowest BCUT2D eigenvalue weighted by Crippen LogP contribution is -2.56. The summed E-state index contributed by atoms with van der Waals surface area (Å²) in [6.07, 6.45) is -7.94. The van der Waals surface area contributed by atoms with E-state index in [2.05, 4.69) is 0 Å². The minimum atomic E-state index is -1.76. The van der Waals surface area contributed by atoms with E-state index in [0.717, 1.165) is 31.2 Å². The number of carbonyl (C=O) groups excluding carboxylic acids is 1. The van der Waals surface area contributed by atoms with Crippen LogP contribution in [0.4, 0.5) is 0 Å². The van der Waals surface area contributed by atoms with E-state index in [9.17, 15) is 45.3 Å². The Morgan fingerprint density at radius 1 is 0.971 bits per heavy atom. The van der Waals surface area contributed by atoms with Crippen LogP contribution in [-0.2, 0) is 14.3 Å². The van der Waals surface area contributed by atoms with Crippen molar-refractivity contribution in [3.8, 4) is 34.3 Å². The van der Waals surface area contributed by atoms with Crippen molar-refractivity contribution in [3.63, 3.8) is 0 Å².